The Bertz CT molecular complexity index is 101. The van der Waals surface area contributed by atoms with Gasteiger partial charge in [0.2, 0.25) is 0 Å². The van der Waals surface area contributed by atoms with E-state index in [1.54, 1.807) is 0 Å². The van der Waals surface area contributed by atoms with E-state index in [0.29, 0.717) is 6.61 Å². The molecule has 1 heterocycles. The maximum atomic E-state index is 5.04. The number of hydrogen-bond donors (Lipinski definition) is 0. The molecule has 1 rings (SSSR count). The van der Waals surface area contributed by atoms with Gasteiger partial charge in [0.05, 0.1) is 13.2 Å². The van der Waals surface area contributed by atoms with E-state index in [0.717, 1.165) is 18.8 Å². The molecule has 0 fully saturated rings. The first-order valence-electron chi connectivity index (χ1n) is 2.49. The van der Waals surface area contributed by atoms with Crippen molar-refractivity contribution in [2.45, 2.75) is 6.42 Å². The van der Waals surface area contributed by atoms with Gasteiger partial charge in [-0.05, 0) is 6.08 Å². The Balaban J connectivity index is 2.37. The summed E-state index contributed by atoms with van der Waals surface area (Å²) in [7, 11) is 0. The molecule has 1 aliphatic rings. The Morgan fingerprint density at radius 3 is 3.00 bits per heavy atom. The quantitative estimate of drug-likeness (QED) is 0.633. The molecule has 0 radical (unpaired) electrons. The maximum Gasteiger partial charge on any atom is 0.192 e. The molecule has 0 aromatic carbocycles. The highest BCUT2D eigenvalue weighted by Crippen LogP contribution is 2.11. The third-order valence-corrected chi connectivity index (χ3v) is 1.59. The van der Waals surface area contributed by atoms with Crippen molar-refractivity contribution in [3.8, 4) is 0 Å². The lowest BCUT2D eigenvalue weighted by Gasteiger charge is -2.09. The first-order valence-corrected chi connectivity index (χ1v) is 3.37. The molecular formula is C5H7IO2. The van der Waals surface area contributed by atoms with Gasteiger partial charge in [0.25, 0.3) is 0 Å². The van der Waals surface area contributed by atoms with E-state index >= 15 is 0 Å². The summed E-state index contributed by atoms with van der Waals surface area (Å²) >= 11 is 1.88. The predicted molar refractivity (Wildman–Crippen MR) is 38.6 cm³/mol. The van der Waals surface area contributed by atoms with E-state index in [1.807, 2.05) is 29.1 Å². The highest BCUT2D eigenvalue weighted by molar-refractivity contribution is 14.1. The van der Waals surface area contributed by atoms with Crippen LogP contribution in [0.5, 0.6) is 0 Å². The number of ether oxygens (including phenoxy) is 1. The average molecular weight is 226 g/mol. The van der Waals surface area contributed by atoms with Crippen LogP contribution in [0.25, 0.3) is 0 Å². The van der Waals surface area contributed by atoms with Crippen molar-refractivity contribution in [2.24, 2.45) is 0 Å². The Kier molecular flexibility index (Phi) is 2.62. The Morgan fingerprint density at radius 2 is 2.62 bits per heavy atom. The normalized spacial score (nSPS) is 19.9. The first kappa shape index (κ1) is 6.35. The van der Waals surface area contributed by atoms with Crippen molar-refractivity contribution >= 4 is 23.0 Å². The molecule has 0 aliphatic carbocycles. The third-order valence-electron chi connectivity index (χ3n) is 1.02. The van der Waals surface area contributed by atoms with Crippen LogP contribution in [-0.4, -0.2) is 13.2 Å². The van der Waals surface area contributed by atoms with Crippen molar-refractivity contribution < 1.29 is 7.80 Å². The van der Waals surface area contributed by atoms with Crippen molar-refractivity contribution in [1.82, 2.24) is 0 Å². The van der Waals surface area contributed by atoms with Crippen molar-refractivity contribution in [2.75, 3.05) is 13.2 Å². The minimum atomic E-state index is 0.707. The van der Waals surface area contributed by atoms with Gasteiger partial charge in [-0.3, -0.25) is 0 Å². The number of halogens is 1. The summed E-state index contributed by atoms with van der Waals surface area (Å²) in [5.74, 6) is 1.04. The van der Waals surface area contributed by atoms with Gasteiger partial charge in [-0.1, -0.05) is 0 Å². The zero-order chi connectivity index (χ0) is 5.82. The van der Waals surface area contributed by atoms with Gasteiger partial charge in [0.1, 0.15) is 5.76 Å². The van der Waals surface area contributed by atoms with Gasteiger partial charge in [0.15, 0.2) is 23.0 Å². The lowest BCUT2D eigenvalue weighted by atomic mass is 10.3. The van der Waals surface area contributed by atoms with Crippen LogP contribution in [0.3, 0.4) is 0 Å². The molecule has 46 valence electrons. The Labute approximate surface area is 62.5 Å². The summed E-state index contributed by atoms with van der Waals surface area (Å²) in [5, 5.41) is 0. The average Bonchev–Trinajstić information content (AvgIpc) is 1.90. The van der Waals surface area contributed by atoms with Crippen LogP contribution in [0, 0.1) is 0 Å². The SMILES string of the molecule is IOC1=CCOCC1. The third kappa shape index (κ3) is 1.63. The summed E-state index contributed by atoms with van der Waals surface area (Å²) < 4.78 is 9.98. The summed E-state index contributed by atoms with van der Waals surface area (Å²) in [6, 6.07) is 0. The molecular weight excluding hydrogens is 219 g/mol. The van der Waals surface area contributed by atoms with Gasteiger partial charge in [0, 0.05) is 6.42 Å². The van der Waals surface area contributed by atoms with Crippen LogP contribution in [0.2, 0.25) is 0 Å². The number of rotatable bonds is 1. The van der Waals surface area contributed by atoms with Gasteiger partial charge < -0.3 is 7.80 Å². The van der Waals surface area contributed by atoms with E-state index in [9.17, 15) is 0 Å². The molecule has 0 N–H and O–H groups in total. The number of hydrogen-bond acceptors (Lipinski definition) is 2. The van der Waals surface area contributed by atoms with E-state index in [1.165, 1.54) is 0 Å². The molecule has 0 unspecified atom stereocenters. The van der Waals surface area contributed by atoms with Crippen LogP contribution in [-0.2, 0) is 7.80 Å². The largest absolute Gasteiger partial charge is 0.432 e. The lowest BCUT2D eigenvalue weighted by molar-refractivity contribution is 0.144. The van der Waals surface area contributed by atoms with Crippen LogP contribution in [0.15, 0.2) is 11.8 Å². The Morgan fingerprint density at radius 1 is 1.75 bits per heavy atom. The van der Waals surface area contributed by atoms with Gasteiger partial charge in [-0.2, -0.15) is 0 Å². The highest BCUT2D eigenvalue weighted by Gasteiger charge is 2.01. The molecule has 0 amide bonds. The van der Waals surface area contributed by atoms with Crippen LogP contribution in [0.1, 0.15) is 6.42 Å². The lowest BCUT2D eigenvalue weighted by Crippen LogP contribution is -2.03. The summed E-state index contributed by atoms with van der Waals surface area (Å²) in [4.78, 5) is 0. The van der Waals surface area contributed by atoms with E-state index in [4.69, 9.17) is 7.80 Å². The predicted octanol–water partition coefficient (Wildman–Crippen LogP) is 1.66. The van der Waals surface area contributed by atoms with Crippen molar-refractivity contribution in [1.29, 1.82) is 0 Å². The topological polar surface area (TPSA) is 18.5 Å². The van der Waals surface area contributed by atoms with Gasteiger partial charge >= 0.3 is 0 Å². The molecule has 0 saturated heterocycles. The van der Waals surface area contributed by atoms with Crippen molar-refractivity contribution in [3.05, 3.63) is 11.8 Å². The minimum Gasteiger partial charge on any atom is -0.432 e. The zero-order valence-corrected chi connectivity index (χ0v) is 6.55. The Hall–Kier alpha value is 0.230. The van der Waals surface area contributed by atoms with E-state index in [-0.39, 0.29) is 0 Å². The second-order valence-corrected chi connectivity index (χ2v) is 2.01. The highest BCUT2D eigenvalue weighted by atomic mass is 127. The van der Waals surface area contributed by atoms with Gasteiger partial charge in [-0.15, -0.1) is 0 Å². The molecule has 2 nitrogen and oxygen atoms in total. The van der Waals surface area contributed by atoms with Crippen molar-refractivity contribution in [3.63, 3.8) is 0 Å². The molecule has 0 atom stereocenters. The van der Waals surface area contributed by atoms with E-state index in [2.05, 4.69) is 0 Å². The smallest absolute Gasteiger partial charge is 0.192 e. The molecule has 0 aromatic heterocycles. The zero-order valence-electron chi connectivity index (χ0n) is 4.39. The fraction of sp³-hybridized carbons (Fsp3) is 0.600. The molecule has 8 heavy (non-hydrogen) atoms. The second kappa shape index (κ2) is 3.29. The standard InChI is InChI=1S/C5H7IO2/c6-8-5-1-3-7-4-2-5/h1H,2-4H2. The molecule has 3 heteroatoms. The van der Waals surface area contributed by atoms with Crippen LogP contribution >= 0.6 is 23.0 Å². The summed E-state index contributed by atoms with van der Waals surface area (Å²) in [5.41, 5.74) is 0. The monoisotopic (exact) mass is 226 g/mol. The van der Waals surface area contributed by atoms with Crippen LogP contribution < -0.4 is 0 Å². The van der Waals surface area contributed by atoms with Crippen LogP contribution in [0.4, 0.5) is 0 Å². The summed E-state index contributed by atoms with van der Waals surface area (Å²) in [6.07, 6.45) is 2.87. The maximum absolute atomic E-state index is 5.04. The fourth-order valence-electron chi connectivity index (χ4n) is 0.580. The molecule has 0 bridgehead atoms. The fourth-order valence-corrected chi connectivity index (χ4v) is 0.980. The molecule has 0 spiro atoms. The van der Waals surface area contributed by atoms with E-state index < -0.39 is 0 Å². The second-order valence-electron chi connectivity index (χ2n) is 1.57. The minimum absolute atomic E-state index is 0.707. The molecule has 0 saturated carbocycles. The first-order chi connectivity index (χ1) is 3.93. The van der Waals surface area contributed by atoms with Gasteiger partial charge in [-0.25, -0.2) is 0 Å². The molecule has 1 aliphatic heterocycles. The molecule has 0 aromatic rings. The summed E-state index contributed by atoms with van der Waals surface area (Å²) in [6.45, 7) is 1.51.